The number of para-hydroxylation sites is 1. The molecule has 1 N–H and O–H groups in total. The van der Waals surface area contributed by atoms with Crippen molar-refractivity contribution in [1.82, 2.24) is 0 Å². The molecule has 0 spiro atoms. The molecule has 0 aliphatic rings. The summed E-state index contributed by atoms with van der Waals surface area (Å²) >= 11 is 0. The largest absolute Gasteiger partial charge is 0.573 e. The van der Waals surface area contributed by atoms with Crippen molar-refractivity contribution in [1.29, 1.82) is 0 Å². The van der Waals surface area contributed by atoms with Crippen molar-refractivity contribution in [3.63, 3.8) is 0 Å². The summed E-state index contributed by atoms with van der Waals surface area (Å²) in [5.41, 5.74) is 0.971. The van der Waals surface area contributed by atoms with Crippen molar-refractivity contribution in [2.75, 3.05) is 7.11 Å². The van der Waals surface area contributed by atoms with Gasteiger partial charge < -0.3 is 14.6 Å². The van der Waals surface area contributed by atoms with E-state index >= 15 is 0 Å². The molecule has 0 saturated heterocycles. The number of benzene rings is 2. The number of methoxy groups -OCH3 is 1. The van der Waals surface area contributed by atoms with E-state index in [0.717, 1.165) is 12.1 Å². The Labute approximate surface area is 119 Å². The summed E-state index contributed by atoms with van der Waals surface area (Å²) in [6.45, 7) is 0. The molecular formula is C15H13F3O3. The van der Waals surface area contributed by atoms with Crippen LogP contribution < -0.4 is 9.47 Å². The Hall–Kier alpha value is -2.21. The number of halogens is 3. The number of hydrogen-bond donors (Lipinski definition) is 1. The molecule has 2 rings (SSSR count). The van der Waals surface area contributed by atoms with Crippen LogP contribution in [0.3, 0.4) is 0 Å². The molecule has 0 aliphatic carbocycles. The first-order valence-electron chi connectivity index (χ1n) is 6.07. The Morgan fingerprint density at radius 2 is 1.62 bits per heavy atom. The minimum absolute atomic E-state index is 0.335. The molecule has 21 heavy (non-hydrogen) atoms. The van der Waals surface area contributed by atoms with Crippen LogP contribution in [0.25, 0.3) is 0 Å². The van der Waals surface area contributed by atoms with Crippen LogP contribution in [0.4, 0.5) is 13.2 Å². The van der Waals surface area contributed by atoms with Crippen molar-refractivity contribution < 1.29 is 27.8 Å². The maximum Gasteiger partial charge on any atom is 0.573 e. The first-order chi connectivity index (χ1) is 9.90. The third-order valence-electron chi connectivity index (χ3n) is 2.86. The standard InChI is InChI=1S/C15H13F3O3/c1-20-13-5-3-2-4-12(13)14(19)10-6-8-11(9-7-10)21-15(16,17)18/h2-9,14,19H,1H3. The van der Waals surface area contributed by atoms with E-state index < -0.39 is 12.5 Å². The van der Waals surface area contributed by atoms with Crippen molar-refractivity contribution >= 4 is 0 Å². The number of ether oxygens (including phenoxy) is 2. The summed E-state index contributed by atoms with van der Waals surface area (Å²) in [5.74, 6) is 0.166. The van der Waals surface area contributed by atoms with Crippen LogP contribution in [0.5, 0.6) is 11.5 Å². The minimum Gasteiger partial charge on any atom is -0.496 e. The average Bonchev–Trinajstić information content (AvgIpc) is 2.45. The Balaban J connectivity index is 2.22. The molecule has 3 nitrogen and oxygen atoms in total. The van der Waals surface area contributed by atoms with Gasteiger partial charge in [-0.05, 0) is 23.8 Å². The Kier molecular flexibility index (Phi) is 4.37. The Morgan fingerprint density at radius 1 is 1.00 bits per heavy atom. The van der Waals surface area contributed by atoms with E-state index in [2.05, 4.69) is 4.74 Å². The van der Waals surface area contributed by atoms with E-state index in [9.17, 15) is 18.3 Å². The highest BCUT2D eigenvalue weighted by atomic mass is 19.4. The fraction of sp³-hybridized carbons (Fsp3) is 0.200. The maximum atomic E-state index is 12.1. The van der Waals surface area contributed by atoms with Crippen molar-refractivity contribution in [3.8, 4) is 11.5 Å². The fourth-order valence-corrected chi connectivity index (χ4v) is 1.92. The van der Waals surface area contributed by atoms with Crippen LogP contribution in [0.15, 0.2) is 48.5 Å². The number of aliphatic hydroxyl groups is 1. The maximum absolute atomic E-state index is 12.1. The molecule has 1 unspecified atom stereocenters. The first kappa shape index (κ1) is 15.2. The lowest BCUT2D eigenvalue weighted by molar-refractivity contribution is -0.274. The Morgan fingerprint density at radius 3 is 2.19 bits per heavy atom. The lowest BCUT2D eigenvalue weighted by atomic mass is 10.0. The van der Waals surface area contributed by atoms with Crippen LogP contribution in [0.2, 0.25) is 0 Å². The molecule has 6 heteroatoms. The van der Waals surface area contributed by atoms with Crippen LogP contribution >= 0.6 is 0 Å². The quantitative estimate of drug-likeness (QED) is 0.936. The lowest BCUT2D eigenvalue weighted by Gasteiger charge is -2.15. The average molecular weight is 298 g/mol. The summed E-state index contributed by atoms with van der Waals surface area (Å²) < 4.78 is 45.2. The summed E-state index contributed by atoms with van der Waals surface area (Å²) in [5, 5.41) is 10.3. The second kappa shape index (κ2) is 6.05. The van der Waals surface area contributed by atoms with E-state index in [0.29, 0.717) is 16.9 Å². The third-order valence-corrected chi connectivity index (χ3v) is 2.86. The fourth-order valence-electron chi connectivity index (χ4n) is 1.92. The van der Waals surface area contributed by atoms with Crippen LogP contribution in [0, 0.1) is 0 Å². The van der Waals surface area contributed by atoms with Gasteiger partial charge in [-0.2, -0.15) is 0 Å². The van der Waals surface area contributed by atoms with E-state index in [4.69, 9.17) is 4.74 Å². The van der Waals surface area contributed by atoms with Gasteiger partial charge in [-0.3, -0.25) is 0 Å². The van der Waals surface area contributed by atoms with Crippen molar-refractivity contribution in [3.05, 3.63) is 59.7 Å². The van der Waals surface area contributed by atoms with Gasteiger partial charge in [0.2, 0.25) is 0 Å². The van der Waals surface area contributed by atoms with Gasteiger partial charge in [-0.1, -0.05) is 30.3 Å². The zero-order valence-corrected chi connectivity index (χ0v) is 11.1. The number of hydrogen-bond acceptors (Lipinski definition) is 3. The molecule has 0 aromatic heterocycles. The van der Waals surface area contributed by atoms with Gasteiger partial charge >= 0.3 is 6.36 Å². The van der Waals surface area contributed by atoms with E-state index in [-0.39, 0.29) is 5.75 Å². The first-order valence-corrected chi connectivity index (χ1v) is 6.07. The third kappa shape index (κ3) is 3.88. The van der Waals surface area contributed by atoms with Gasteiger partial charge in [0, 0.05) is 5.56 Å². The molecular weight excluding hydrogens is 285 g/mol. The zero-order chi connectivity index (χ0) is 15.5. The smallest absolute Gasteiger partial charge is 0.496 e. The monoisotopic (exact) mass is 298 g/mol. The van der Waals surface area contributed by atoms with Gasteiger partial charge in [0.1, 0.15) is 17.6 Å². The SMILES string of the molecule is COc1ccccc1C(O)c1ccc(OC(F)(F)F)cc1. The summed E-state index contributed by atoms with van der Waals surface area (Å²) in [6.07, 6.45) is -5.73. The number of rotatable bonds is 4. The molecule has 0 radical (unpaired) electrons. The summed E-state index contributed by atoms with van der Waals surface area (Å²) in [4.78, 5) is 0. The molecule has 0 aliphatic heterocycles. The van der Waals surface area contributed by atoms with E-state index in [1.165, 1.54) is 19.2 Å². The molecule has 2 aromatic carbocycles. The molecule has 0 fully saturated rings. The van der Waals surface area contributed by atoms with E-state index in [1.54, 1.807) is 24.3 Å². The lowest BCUT2D eigenvalue weighted by Crippen LogP contribution is -2.17. The van der Waals surface area contributed by atoms with Crippen LogP contribution in [-0.2, 0) is 0 Å². The normalized spacial score (nSPS) is 12.8. The van der Waals surface area contributed by atoms with E-state index in [1.807, 2.05) is 0 Å². The molecule has 0 heterocycles. The zero-order valence-electron chi connectivity index (χ0n) is 11.1. The van der Waals surface area contributed by atoms with Crippen LogP contribution in [-0.4, -0.2) is 18.6 Å². The molecule has 1 atom stereocenters. The summed E-state index contributed by atoms with van der Waals surface area (Å²) in [7, 11) is 1.48. The highest BCUT2D eigenvalue weighted by Gasteiger charge is 2.31. The molecule has 2 aromatic rings. The predicted molar refractivity (Wildman–Crippen MR) is 70.2 cm³/mol. The topological polar surface area (TPSA) is 38.7 Å². The molecule has 112 valence electrons. The number of aliphatic hydroxyl groups excluding tert-OH is 1. The van der Waals surface area contributed by atoms with Gasteiger partial charge in [0.05, 0.1) is 7.11 Å². The predicted octanol–water partition coefficient (Wildman–Crippen LogP) is 3.68. The van der Waals surface area contributed by atoms with Gasteiger partial charge in [0.15, 0.2) is 0 Å². The second-order valence-corrected chi connectivity index (χ2v) is 4.26. The van der Waals surface area contributed by atoms with Gasteiger partial charge in [-0.15, -0.1) is 13.2 Å². The molecule has 0 amide bonds. The molecule has 0 saturated carbocycles. The van der Waals surface area contributed by atoms with Crippen molar-refractivity contribution in [2.45, 2.75) is 12.5 Å². The highest BCUT2D eigenvalue weighted by molar-refractivity contribution is 5.41. The minimum atomic E-state index is -4.73. The van der Waals surface area contributed by atoms with Gasteiger partial charge in [-0.25, -0.2) is 0 Å². The molecule has 0 bridgehead atoms. The highest BCUT2D eigenvalue weighted by Crippen LogP contribution is 2.31. The number of alkyl halides is 3. The van der Waals surface area contributed by atoms with Crippen LogP contribution in [0.1, 0.15) is 17.2 Å². The second-order valence-electron chi connectivity index (χ2n) is 4.26. The van der Waals surface area contributed by atoms with Crippen molar-refractivity contribution in [2.24, 2.45) is 0 Å². The Bertz CT molecular complexity index is 594. The summed E-state index contributed by atoms with van der Waals surface area (Å²) in [6, 6.07) is 11.9. The van der Waals surface area contributed by atoms with Gasteiger partial charge in [0.25, 0.3) is 0 Å².